The third-order valence-corrected chi connectivity index (χ3v) is 4.50. The molecule has 23 heavy (non-hydrogen) atoms. The summed E-state index contributed by atoms with van der Waals surface area (Å²) >= 11 is 1.26. The number of hydroxylamine groups is 1. The Hall–Kier alpha value is -2.66. The molecule has 0 aliphatic heterocycles. The van der Waals surface area contributed by atoms with Crippen LogP contribution in [0.2, 0.25) is 0 Å². The maximum atomic E-state index is 12.3. The molecule has 1 amide bonds. The number of hydrogen-bond donors (Lipinski definition) is 1. The van der Waals surface area contributed by atoms with Gasteiger partial charge in [0.25, 0.3) is 5.91 Å². The van der Waals surface area contributed by atoms with Crippen LogP contribution in [0.5, 0.6) is 0 Å². The van der Waals surface area contributed by atoms with Crippen LogP contribution in [0.1, 0.15) is 28.1 Å². The van der Waals surface area contributed by atoms with Gasteiger partial charge in [0.2, 0.25) is 0 Å². The van der Waals surface area contributed by atoms with Crippen molar-refractivity contribution in [2.45, 2.75) is 12.8 Å². The van der Waals surface area contributed by atoms with Gasteiger partial charge >= 0.3 is 5.97 Å². The second-order valence-electron chi connectivity index (χ2n) is 5.12. The Kier molecular flexibility index (Phi) is 4.39. The predicted molar refractivity (Wildman–Crippen MR) is 90.2 cm³/mol. The molecule has 0 saturated carbocycles. The van der Waals surface area contributed by atoms with Crippen molar-refractivity contribution in [2.75, 3.05) is 0 Å². The van der Waals surface area contributed by atoms with E-state index in [0.29, 0.717) is 4.88 Å². The van der Waals surface area contributed by atoms with Crippen LogP contribution in [-0.4, -0.2) is 11.9 Å². The fourth-order valence-corrected chi connectivity index (χ4v) is 3.00. The zero-order valence-electron chi connectivity index (χ0n) is 12.5. The molecule has 4 nitrogen and oxygen atoms in total. The van der Waals surface area contributed by atoms with Gasteiger partial charge in [0.05, 0.1) is 5.92 Å². The van der Waals surface area contributed by atoms with Crippen LogP contribution >= 0.6 is 11.3 Å². The van der Waals surface area contributed by atoms with Crippen LogP contribution in [0.3, 0.4) is 0 Å². The standard InChI is InChI=1S/C18H15NO3S/c1-12(14-9-4-7-13-6-2-3-8-15(13)14)17(20)19-22-18(21)16-10-5-11-23-16/h2-12H,1H3,(H,19,20). The molecule has 0 fully saturated rings. The Labute approximate surface area is 137 Å². The van der Waals surface area contributed by atoms with Gasteiger partial charge in [-0.15, -0.1) is 11.3 Å². The fourth-order valence-electron chi connectivity index (χ4n) is 2.40. The highest BCUT2D eigenvalue weighted by molar-refractivity contribution is 7.11. The van der Waals surface area contributed by atoms with Gasteiger partial charge in [0.1, 0.15) is 4.88 Å². The van der Waals surface area contributed by atoms with Gasteiger partial charge in [-0.1, -0.05) is 48.5 Å². The number of benzene rings is 2. The summed E-state index contributed by atoms with van der Waals surface area (Å²) in [7, 11) is 0. The third kappa shape index (κ3) is 3.24. The van der Waals surface area contributed by atoms with Crippen LogP contribution in [0, 0.1) is 0 Å². The van der Waals surface area contributed by atoms with Gasteiger partial charge in [-0.25, -0.2) is 4.79 Å². The molecule has 1 aromatic heterocycles. The third-order valence-electron chi connectivity index (χ3n) is 3.65. The second kappa shape index (κ2) is 6.62. The minimum atomic E-state index is -0.557. The van der Waals surface area contributed by atoms with Crippen molar-refractivity contribution in [3.63, 3.8) is 0 Å². The lowest BCUT2D eigenvalue weighted by atomic mass is 9.94. The molecule has 0 radical (unpaired) electrons. The van der Waals surface area contributed by atoms with E-state index in [1.165, 1.54) is 11.3 Å². The number of nitrogens with one attached hydrogen (secondary N) is 1. The molecule has 1 heterocycles. The molecule has 116 valence electrons. The quantitative estimate of drug-likeness (QED) is 0.743. The van der Waals surface area contributed by atoms with Crippen LogP contribution < -0.4 is 5.48 Å². The second-order valence-corrected chi connectivity index (χ2v) is 6.07. The molecule has 3 aromatic rings. The molecule has 1 N–H and O–H groups in total. The largest absolute Gasteiger partial charge is 0.372 e. The first-order chi connectivity index (χ1) is 11.2. The van der Waals surface area contributed by atoms with E-state index < -0.39 is 11.9 Å². The molecule has 0 saturated heterocycles. The van der Waals surface area contributed by atoms with Gasteiger partial charge in [-0.05, 0) is 34.7 Å². The van der Waals surface area contributed by atoms with Gasteiger partial charge in [0, 0.05) is 0 Å². The maximum absolute atomic E-state index is 12.3. The summed E-state index contributed by atoms with van der Waals surface area (Å²) in [5.41, 5.74) is 3.15. The summed E-state index contributed by atoms with van der Waals surface area (Å²) in [4.78, 5) is 29.4. The Morgan fingerprint density at radius 3 is 2.61 bits per heavy atom. The molecule has 0 bridgehead atoms. The van der Waals surface area contributed by atoms with Crippen LogP contribution in [0.4, 0.5) is 0 Å². The highest BCUT2D eigenvalue weighted by atomic mass is 32.1. The number of fused-ring (bicyclic) bond motifs is 1. The Bertz CT molecular complexity index is 837. The summed E-state index contributed by atoms with van der Waals surface area (Å²) in [5.74, 6) is -1.35. The topological polar surface area (TPSA) is 55.4 Å². The highest BCUT2D eigenvalue weighted by Gasteiger charge is 2.19. The summed E-state index contributed by atoms with van der Waals surface area (Å²) in [6, 6.07) is 17.1. The molecule has 3 rings (SSSR count). The van der Waals surface area contributed by atoms with E-state index in [-0.39, 0.29) is 5.91 Å². The first-order valence-electron chi connectivity index (χ1n) is 7.19. The molecule has 2 aromatic carbocycles. The van der Waals surface area contributed by atoms with Crippen molar-refractivity contribution in [1.29, 1.82) is 0 Å². The van der Waals surface area contributed by atoms with Gasteiger partial charge < -0.3 is 4.84 Å². The van der Waals surface area contributed by atoms with Crippen LogP contribution in [0.25, 0.3) is 10.8 Å². The molecular formula is C18H15NO3S. The zero-order valence-corrected chi connectivity index (χ0v) is 13.3. The molecule has 1 atom stereocenters. The molecular weight excluding hydrogens is 310 g/mol. The highest BCUT2D eigenvalue weighted by Crippen LogP contribution is 2.25. The van der Waals surface area contributed by atoms with Crippen molar-refractivity contribution >= 4 is 34.0 Å². The molecule has 5 heteroatoms. The number of carbonyl (C=O) groups excluding carboxylic acids is 2. The van der Waals surface area contributed by atoms with Crippen molar-refractivity contribution in [3.8, 4) is 0 Å². The number of amides is 1. The van der Waals surface area contributed by atoms with E-state index in [0.717, 1.165) is 16.3 Å². The van der Waals surface area contributed by atoms with Crippen molar-refractivity contribution < 1.29 is 14.4 Å². The lowest BCUT2D eigenvalue weighted by Gasteiger charge is -2.14. The molecule has 1 unspecified atom stereocenters. The first kappa shape index (κ1) is 15.2. The van der Waals surface area contributed by atoms with Crippen molar-refractivity contribution in [2.24, 2.45) is 0 Å². The van der Waals surface area contributed by atoms with E-state index in [9.17, 15) is 9.59 Å². The van der Waals surface area contributed by atoms with Crippen LogP contribution in [0.15, 0.2) is 60.0 Å². The van der Waals surface area contributed by atoms with E-state index in [2.05, 4.69) is 5.48 Å². The number of thiophene rings is 1. The van der Waals surface area contributed by atoms with Crippen molar-refractivity contribution in [3.05, 3.63) is 70.4 Å². The summed E-state index contributed by atoms with van der Waals surface area (Å²) in [6.07, 6.45) is 0. The van der Waals surface area contributed by atoms with E-state index in [1.54, 1.807) is 24.4 Å². The lowest BCUT2D eigenvalue weighted by Crippen LogP contribution is -2.30. The van der Waals surface area contributed by atoms with Crippen LogP contribution in [-0.2, 0) is 9.63 Å². The van der Waals surface area contributed by atoms with Gasteiger partial charge in [0.15, 0.2) is 0 Å². The monoisotopic (exact) mass is 325 g/mol. The summed E-state index contributed by atoms with van der Waals surface area (Å²) in [6.45, 7) is 1.79. The van der Waals surface area contributed by atoms with E-state index >= 15 is 0 Å². The maximum Gasteiger partial charge on any atom is 0.372 e. The average molecular weight is 325 g/mol. The van der Waals surface area contributed by atoms with Gasteiger partial charge in [-0.3, -0.25) is 4.79 Å². The normalized spacial score (nSPS) is 11.9. The summed E-state index contributed by atoms with van der Waals surface area (Å²) < 4.78 is 0. The average Bonchev–Trinajstić information content (AvgIpc) is 3.13. The van der Waals surface area contributed by atoms with E-state index in [4.69, 9.17) is 4.84 Å². The Morgan fingerprint density at radius 1 is 1.04 bits per heavy atom. The Balaban J connectivity index is 1.73. The number of carbonyl (C=O) groups is 2. The SMILES string of the molecule is CC(C(=O)NOC(=O)c1cccs1)c1cccc2ccccc12. The fraction of sp³-hybridized carbons (Fsp3) is 0.111. The molecule has 0 aliphatic carbocycles. The number of rotatable bonds is 3. The molecule has 0 aliphatic rings. The lowest BCUT2D eigenvalue weighted by molar-refractivity contribution is -0.131. The van der Waals surface area contributed by atoms with E-state index in [1.807, 2.05) is 42.5 Å². The first-order valence-corrected chi connectivity index (χ1v) is 8.07. The summed E-state index contributed by atoms with van der Waals surface area (Å²) in [5, 5.41) is 3.86. The van der Waals surface area contributed by atoms with Gasteiger partial charge in [-0.2, -0.15) is 5.48 Å². The minimum Gasteiger partial charge on any atom is -0.334 e. The minimum absolute atomic E-state index is 0.355. The zero-order chi connectivity index (χ0) is 16.2. The smallest absolute Gasteiger partial charge is 0.334 e. The predicted octanol–water partition coefficient (Wildman–Crippen LogP) is 3.89. The number of hydrogen-bond acceptors (Lipinski definition) is 4. The Morgan fingerprint density at radius 2 is 1.83 bits per heavy atom. The molecule has 0 spiro atoms. The van der Waals surface area contributed by atoms with Crippen molar-refractivity contribution in [1.82, 2.24) is 5.48 Å².